The first-order valence-electron chi connectivity index (χ1n) is 7.09. The molecule has 0 saturated carbocycles. The Balaban J connectivity index is 1.74. The van der Waals surface area contributed by atoms with Crippen LogP contribution in [0.15, 0.2) is 28.8 Å². The van der Waals surface area contributed by atoms with E-state index in [0.717, 1.165) is 17.1 Å². The number of halogens is 1. The summed E-state index contributed by atoms with van der Waals surface area (Å²) in [5.74, 6) is 1.54. The van der Waals surface area contributed by atoms with E-state index in [-0.39, 0.29) is 12.0 Å². The normalized spacial score (nSPS) is 19.2. The molecule has 0 bridgehead atoms. The molecule has 1 atom stereocenters. The van der Waals surface area contributed by atoms with Crippen LogP contribution >= 0.6 is 11.6 Å². The molecule has 3 rings (SSSR count). The summed E-state index contributed by atoms with van der Waals surface area (Å²) in [6, 6.07) is 7.74. The molecular formula is C15H18ClN3O2. The summed E-state index contributed by atoms with van der Waals surface area (Å²) in [6.45, 7) is 6.18. The van der Waals surface area contributed by atoms with Gasteiger partial charge in [0.25, 0.3) is 5.95 Å². The molecule has 2 aromatic rings. The van der Waals surface area contributed by atoms with Crippen molar-refractivity contribution in [2.45, 2.75) is 25.9 Å². The number of nitrogens with zero attached hydrogens (tertiary/aromatic N) is 3. The molecule has 1 aromatic heterocycles. The molecule has 0 radical (unpaired) electrons. The fourth-order valence-electron chi connectivity index (χ4n) is 2.30. The van der Waals surface area contributed by atoms with Crippen LogP contribution < -0.4 is 4.90 Å². The zero-order valence-corrected chi connectivity index (χ0v) is 12.9. The standard InChI is InChI=1S/C15H18ClN3O2/c1-10(2)14-17-15(18-21-14)19-7-8-20-13(9-19)11-3-5-12(16)6-4-11/h3-6,10,13H,7-9H2,1-2H3. The van der Waals surface area contributed by atoms with Crippen LogP contribution in [-0.2, 0) is 4.74 Å². The van der Waals surface area contributed by atoms with Gasteiger partial charge in [0.1, 0.15) is 6.10 Å². The van der Waals surface area contributed by atoms with Crippen LogP contribution in [0.1, 0.15) is 37.3 Å². The van der Waals surface area contributed by atoms with E-state index < -0.39 is 0 Å². The Morgan fingerprint density at radius 2 is 2.05 bits per heavy atom. The average molecular weight is 308 g/mol. The zero-order valence-electron chi connectivity index (χ0n) is 12.1. The SMILES string of the molecule is CC(C)c1nc(N2CCOC(c3ccc(Cl)cc3)C2)no1. The lowest BCUT2D eigenvalue weighted by atomic mass is 10.1. The highest BCUT2D eigenvalue weighted by molar-refractivity contribution is 6.30. The molecule has 0 aliphatic carbocycles. The summed E-state index contributed by atoms with van der Waals surface area (Å²) in [6.07, 6.45) is -0.00276. The first kappa shape index (κ1) is 14.4. The van der Waals surface area contributed by atoms with Crippen molar-refractivity contribution in [2.24, 2.45) is 0 Å². The Hall–Kier alpha value is -1.59. The van der Waals surface area contributed by atoms with Crippen molar-refractivity contribution in [3.8, 4) is 0 Å². The van der Waals surface area contributed by atoms with E-state index in [1.165, 1.54) is 0 Å². The van der Waals surface area contributed by atoms with Crippen LogP contribution in [0.4, 0.5) is 5.95 Å². The van der Waals surface area contributed by atoms with Crippen molar-refractivity contribution in [1.82, 2.24) is 10.1 Å². The molecule has 112 valence electrons. The highest BCUT2D eigenvalue weighted by Crippen LogP contribution is 2.26. The number of ether oxygens (including phenoxy) is 1. The molecule has 2 heterocycles. The summed E-state index contributed by atoms with van der Waals surface area (Å²) in [5, 5.41) is 4.79. The maximum absolute atomic E-state index is 5.92. The van der Waals surface area contributed by atoms with E-state index in [1.54, 1.807) is 0 Å². The summed E-state index contributed by atoms with van der Waals surface area (Å²) >= 11 is 5.92. The van der Waals surface area contributed by atoms with Crippen molar-refractivity contribution >= 4 is 17.5 Å². The van der Waals surface area contributed by atoms with Crippen molar-refractivity contribution in [2.75, 3.05) is 24.6 Å². The Morgan fingerprint density at radius 1 is 1.29 bits per heavy atom. The molecule has 1 fully saturated rings. The molecule has 6 heteroatoms. The van der Waals surface area contributed by atoms with Crippen LogP contribution in [0.25, 0.3) is 0 Å². The molecule has 0 spiro atoms. The lowest BCUT2D eigenvalue weighted by molar-refractivity contribution is 0.0391. The third kappa shape index (κ3) is 3.19. The third-order valence-electron chi connectivity index (χ3n) is 3.52. The van der Waals surface area contributed by atoms with Crippen LogP contribution in [0.5, 0.6) is 0 Å². The predicted octanol–water partition coefficient (Wildman–Crippen LogP) is 3.42. The number of anilines is 1. The first-order chi connectivity index (χ1) is 10.1. The van der Waals surface area contributed by atoms with Crippen LogP contribution in [0.3, 0.4) is 0 Å². The summed E-state index contributed by atoms with van der Waals surface area (Å²) in [7, 11) is 0. The van der Waals surface area contributed by atoms with E-state index in [1.807, 2.05) is 38.1 Å². The third-order valence-corrected chi connectivity index (χ3v) is 3.77. The number of hydrogen-bond acceptors (Lipinski definition) is 5. The Morgan fingerprint density at radius 3 is 2.71 bits per heavy atom. The maximum Gasteiger partial charge on any atom is 0.266 e. The van der Waals surface area contributed by atoms with Crippen LogP contribution in [0.2, 0.25) is 5.02 Å². The Bertz CT molecular complexity index is 597. The van der Waals surface area contributed by atoms with Gasteiger partial charge in [0, 0.05) is 17.5 Å². The van der Waals surface area contributed by atoms with E-state index >= 15 is 0 Å². The fraction of sp³-hybridized carbons (Fsp3) is 0.467. The van der Waals surface area contributed by atoms with Gasteiger partial charge in [-0.3, -0.25) is 0 Å². The monoisotopic (exact) mass is 307 g/mol. The van der Waals surface area contributed by atoms with E-state index in [2.05, 4.69) is 15.0 Å². The van der Waals surface area contributed by atoms with Gasteiger partial charge < -0.3 is 14.2 Å². The minimum Gasteiger partial charge on any atom is -0.370 e. The minimum atomic E-state index is -0.00276. The second-order valence-corrected chi connectivity index (χ2v) is 5.88. The van der Waals surface area contributed by atoms with E-state index in [9.17, 15) is 0 Å². The first-order valence-corrected chi connectivity index (χ1v) is 7.47. The fourth-order valence-corrected chi connectivity index (χ4v) is 2.43. The summed E-state index contributed by atoms with van der Waals surface area (Å²) in [5.41, 5.74) is 1.11. The van der Waals surface area contributed by atoms with Gasteiger partial charge in [-0.2, -0.15) is 4.98 Å². The number of hydrogen-bond donors (Lipinski definition) is 0. The molecule has 0 amide bonds. The molecule has 1 saturated heterocycles. The smallest absolute Gasteiger partial charge is 0.266 e. The molecule has 5 nitrogen and oxygen atoms in total. The van der Waals surface area contributed by atoms with Crippen molar-refractivity contribution < 1.29 is 9.26 Å². The average Bonchev–Trinajstić information content (AvgIpc) is 2.98. The van der Waals surface area contributed by atoms with Crippen LogP contribution in [0, 0.1) is 0 Å². The second-order valence-electron chi connectivity index (χ2n) is 5.44. The van der Waals surface area contributed by atoms with Gasteiger partial charge in [-0.1, -0.05) is 37.6 Å². The number of benzene rings is 1. The molecule has 1 unspecified atom stereocenters. The summed E-state index contributed by atoms with van der Waals surface area (Å²) < 4.78 is 11.1. The van der Waals surface area contributed by atoms with Gasteiger partial charge in [-0.25, -0.2) is 0 Å². The molecule has 1 aliphatic heterocycles. The van der Waals surface area contributed by atoms with Gasteiger partial charge in [0.05, 0.1) is 13.2 Å². The number of aromatic nitrogens is 2. The zero-order chi connectivity index (χ0) is 14.8. The van der Waals surface area contributed by atoms with Crippen molar-refractivity contribution in [1.29, 1.82) is 0 Å². The maximum atomic E-state index is 5.92. The van der Waals surface area contributed by atoms with Crippen molar-refractivity contribution in [3.63, 3.8) is 0 Å². The predicted molar refractivity (Wildman–Crippen MR) is 80.7 cm³/mol. The summed E-state index contributed by atoms with van der Waals surface area (Å²) in [4.78, 5) is 6.54. The quantitative estimate of drug-likeness (QED) is 0.869. The lowest BCUT2D eigenvalue weighted by Gasteiger charge is -2.32. The Labute approximate surface area is 128 Å². The largest absolute Gasteiger partial charge is 0.370 e. The molecular weight excluding hydrogens is 290 g/mol. The van der Waals surface area contributed by atoms with Crippen molar-refractivity contribution in [3.05, 3.63) is 40.7 Å². The van der Waals surface area contributed by atoms with Gasteiger partial charge in [0.15, 0.2) is 0 Å². The van der Waals surface area contributed by atoms with Gasteiger partial charge in [0.2, 0.25) is 5.89 Å². The van der Waals surface area contributed by atoms with E-state index in [4.69, 9.17) is 20.9 Å². The Kier molecular flexibility index (Phi) is 4.12. The number of morpholine rings is 1. The molecule has 21 heavy (non-hydrogen) atoms. The molecule has 0 N–H and O–H groups in total. The highest BCUT2D eigenvalue weighted by atomic mass is 35.5. The minimum absolute atomic E-state index is 0.00276. The van der Waals surface area contributed by atoms with Crippen LogP contribution in [-0.4, -0.2) is 29.8 Å². The van der Waals surface area contributed by atoms with Gasteiger partial charge in [-0.15, -0.1) is 0 Å². The second kappa shape index (κ2) is 6.03. The highest BCUT2D eigenvalue weighted by Gasteiger charge is 2.25. The van der Waals surface area contributed by atoms with Gasteiger partial charge in [-0.05, 0) is 22.9 Å². The topological polar surface area (TPSA) is 51.4 Å². The van der Waals surface area contributed by atoms with E-state index in [0.29, 0.717) is 25.0 Å². The van der Waals surface area contributed by atoms with Gasteiger partial charge >= 0.3 is 0 Å². The molecule has 1 aliphatic rings. The molecule has 1 aromatic carbocycles. The number of rotatable bonds is 3. The lowest BCUT2D eigenvalue weighted by Crippen LogP contribution is -2.39.